The average Bonchev–Trinajstić information content (AvgIpc) is 2.97. The van der Waals surface area contributed by atoms with Gasteiger partial charge < -0.3 is 19.9 Å². The predicted molar refractivity (Wildman–Crippen MR) is 110 cm³/mol. The van der Waals surface area contributed by atoms with Crippen LogP contribution in [0.3, 0.4) is 0 Å². The van der Waals surface area contributed by atoms with E-state index in [-0.39, 0.29) is 17.4 Å². The summed E-state index contributed by atoms with van der Waals surface area (Å²) < 4.78 is 5.10. The van der Waals surface area contributed by atoms with E-state index in [4.69, 9.17) is 4.74 Å². The number of hydrogen-bond acceptors (Lipinski definition) is 3. The molecule has 28 heavy (non-hydrogen) atoms. The fourth-order valence-electron chi connectivity index (χ4n) is 4.41. The van der Waals surface area contributed by atoms with Gasteiger partial charge in [0.25, 0.3) is 0 Å². The van der Waals surface area contributed by atoms with Gasteiger partial charge in [-0.15, -0.1) is 0 Å². The van der Waals surface area contributed by atoms with E-state index in [1.165, 1.54) is 0 Å². The maximum Gasteiger partial charge on any atom is 0.321 e. The number of hydrogen-bond donors (Lipinski definition) is 1. The van der Waals surface area contributed by atoms with Gasteiger partial charge >= 0.3 is 6.03 Å². The number of methoxy groups -OCH3 is 1. The smallest absolute Gasteiger partial charge is 0.321 e. The number of nitrogens with one attached hydrogen (secondary N) is 1. The Labute approximate surface area is 168 Å². The van der Waals surface area contributed by atoms with Gasteiger partial charge in [-0.1, -0.05) is 32.0 Å². The monoisotopic (exact) mass is 387 g/mol. The van der Waals surface area contributed by atoms with E-state index in [2.05, 4.69) is 25.2 Å². The molecule has 0 atom stereocenters. The first-order valence-electron chi connectivity index (χ1n) is 10.4. The minimum Gasteiger partial charge on any atom is -0.385 e. The standard InChI is InChI=1S/C22H33N3O3/c1-17(2)18-7-4-5-8-19(18)23-21(27)24-12-9-22(10-13-24)15-20(26)25(16-22)11-6-14-28-3/h4-5,7-8,17H,6,9-16H2,1-3H3,(H,23,27). The van der Waals surface area contributed by atoms with Crippen molar-refractivity contribution >= 4 is 17.6 Å². The number of anilines is 1. The number of rotatable bonds is 6. The Hall–Kier alpha value is -2.08. The number of urea groups is 1. The zero-order chi connectivity index (χ0) is 20.1. The molecule has 2 aliphatic heterocycles. The highest BCUT2D eigenvalue weighted by Crippen LogP contribution is 2.41. The van der Waals surface area contributed by atoms with Crippen molar-refractivity contribution in [2.45, 2.75) is 45.4 Å². The number of benzene rings is 1. The highest BCUT2D eigenvalue weighted by molar-refractivity contribution is 5.90. The van der Waals surface area contributed by atoms with Gasteiger partial charge in [0.15, 0.2) is 0 Å². The number of ether oxygens (including phenoxy) is 1. The summed E-state index contributed by atoms with van der Waals surface area (Å²) in [6, 6.07) is 7.95. The molecule has 0 aromatic heterocycles. The van der Waals surface area contributed by atoms with Gasteiger partial charge in [0.05, 0.1) is 0 Å². The van der Waals surface area contributed by atoms with Gasteiger partial charge in [0.1, 0.15) is 0 Å². The van der Waals surface area contributed by atoms with Gasteiger partial charge in [-0.3, -0.25) is 4.79 Å². The summed E-state index contributed by atoms with van der Waals surface area (Å²) >= 11 is 0. The SMILES string of the molecule is COCCCN1CC2(CCN(C(=O)Nc3ccccc3C(C)C)CC2)CC1=O. The van der Waals surface area contributed by atoms with Gasteiger partial charge in [-0.2, -0.15) is 0 Å². The maximum atomic E-state index is 12.8. The molecule has 154 valence electrons. The molecule has 1 N–H and O–H groups in total. The lowest BCUT2D eigenvalue weighted by molar-refractivity contribution is -0.128. The normalized spacial score (nSPS) is 18.9. The average molecular weight is 388 g/mol. The van der Waals surface area contributed by atoms with E-state index >= 15 is 0 Å². The predicted octanol–water partition coefficient (Wildman–Crippen LogP) is 3.69. The summed E-state index contributed by atoms with van der Waals surface area (Å²) in [4.78, 5) is 29.0. The largest absolute Gasteiger partial charge is 0.385 e. The van der Waals surface area contributed by atoms with E-state index in [1.54, 1.807) is 7.11 Å². The quantitative estimate of drug-likeness (QED) is 0.757. The molecule has 2 saturated heterocycles. The van der Waals surface area contributed by atoms with Crippen LogP contribution >= 0.6 is 0 Å². The number of likely N-dealkylation sites (tertiary alicyclic amines) is 2. The summed E-state index contributed by atoms with van der Waals surface area (Å²) in [6.07, 6.45) is 3.27. The van der Waals surface area contributed by atoms with Crippen molar-refractivity contribution in [1.29, 1.82) is 0 Å². The van der Waals surface area contributed by atoms with E-state index in [0.717, 1.165) is 43.6 Å². The van der Waals surface area contributed by atoms with Crippen molar-refractivity contribution < 1.29 is 14.3 Å². The summed E-state index contributed by atoms with van der Waals surface area (Å²) in [5, 5.41) is 3.09. The van der Waals surface area contributed by atoms with Crippen LogP contribution in [0.25, 0.3) is 0 Å². The first-order chi connectivity index (χ1) is 13.4. The number of para-hydroxylation sites is 1. The Morgan fingerprint density at radius 1 is 1.25 bits per heavy atom. The lowest BCUT2D eigenvalue weighted by atomic mass is 9.77. The molecule has 2 fully saturated rings. The van der Waals surface area contributed by atoms with Gasteiger partial charge in [-0.05, 0) is 36.8 Å². The van der Waals surface area contributed by atoms with Crippen LogP contribution in [0.4, 0.5) is 10.5 Å². The van der Waals surface area contributed by atoms with E-state index in [0.29, 0.717) is 32.0 Å². The molecular weight excluding hydrogens is 354 g/mol. The highest BCUT2D eigenvalue weighted by atomic mass is 16.5. The number of amides is 3. The molecule has 6 heteroatoms. The topological polar surface area (TPSA) is 61.9 Å². The lowest BCUT2D eigenvalue weighted by Gasteiger charge is -2.38. The Bertz CT molecular complexity index is 696. The van der Waals surface area contributed by atoms with Crippen LogP contribution in [0, 0.1) is 5.41 Å². The second kappa shape index (κ2) is 8.95. The fourth-order valence-corrected chi connectivity index (χ4v) is 4.41. The van der Waals surface area contributed by atoms with Gasteiger partial charge in [0.2, 0.25) is 5.91 Å². The molecular formula is C22H33N3O3. The molecule has 1 spiro atoms. The molecule has 0 radical (unpaired) electrons. The summed E-state index contributed by atoms with van der Waals surface area (Å²) in [6.45, 7) is 7.94. The molecule has 2 aliphatic rings. The molecule has 1 aromatic rings. The summed E-state index contributed by atoms with van der Waals surface area (Å²) in [7, 11) is 1.69. The van der Waals surface area contributed by atoms with Gasteiger partial charge in [0, 0.05) is 57.4 Å². The van der Waals surface area contributed by atoms with Crippen molar-refractivity contribution in [3.63, 3.8) is 0 Å². The zero-order valence-electron chi connectivity index (χ0n) is 17.4. The molecule has 0 aliphatic carbocycles. The Morgan fingerprint density at radius 3 is 2.64 bits per heavy atom. The molecule has 2 heterocycles. The third kappa shape index (κ3) is 4.66. The molecule has 6 nitrogen and oxygen atoms in total. The first-order valence-corrected chi connectivity index (χ1v) is 10.4. The second-order valence-corrected chi connectivity index (χ2v) is 8.50. The van der Waals surface area contributed by atoms with Crippen LogP contribution in [-0.4, -0.2) is 61.6 Å². The minimum atomic E-state index is -0.0378. The Balaban J connectivity index is 1.54. The van der Waals surface area contributed by atoms with Crippen molar-refractivity contribution in [3.05, 3.63) is 29.8 Å². The van der Waals surface area contributed by atoms with Gasteiger partial charge in [-0.25, -0.2) is 4.79 Å². The van der Waals surface area contributed by atoms with Crippen LogP contribution in [0.2, 0.25) is 0 Å². The van der Waals surface area contributed by atoms with Crippen LogP contribution in [0.15, 0.2) is 24.3 Å². The van der Waals surface area contributed by atoms with Crippen LogP contribution in [0.1, 0.15) is 51.0 Å². The maximum absolute atomic E-state index is 12.8. The lowest BCUT2D eigenvalue weighted by Crippen LogP contribution is -2.46. The van der Waals surface area contributed by atoms with Crippen LogP contribution in [0.5, 0.6) is 0 Å². The van der Waals surface area contributed by atoms with E-state index < -0.39 is 0 Å². The third-order valence-corrected chi connectivity index (χ3v) is 6.12. The van der Waals surface area contributed by atoms with Crippen molar-refractivity contribution in [2.24, 2.45) is 5.41 Å². The van der Waals surface area contributed by atoms with Crippen molar-refractivity contribution in [2.75, 3.05) is 45.2 Å². The number of carbonyl (C=O) groups is 2. The molecule has 0 saturated carbocycles. The zero-order valence-corrected chi connectivity index (χ0v) is 17.4. The van der Waals surface area contributed by atoms with E-state index in [1.807, 2.05) is 28.0 Å². The molecule has 0 bridgehead atoms. The van der Waals surface area contributed by atoms with Crippen molar-refractivity contribution in [3.8, 4) is 0 Å². The molecule has 0 unspecified atom stereocenters. The van der Waals surface area contributed by atoms with Crippen LogP contribution < -0.4 is 5.32 Å². The summed E-state index contributed by atoms with van der Waals surface area (Å²) in [5.41, 5.74) is 2.08. The fraction of sp³-hybridized carbons (Fsp3) is 0.636. The Kier molecular flexibility index (Phi) is 6.60. The first kappa shape index (κ1) is 20.6. The minimum absolute atomic E-state index is 0.0378. The molecule has 3 amide bonds. The molecule has 1 aromatic carbocycles. The van der Waals surface area contributed by atoms with Crippen molar-refractivity contribution in [1.82, 2.24) is 9.80 Å². The number of carbonyl (C=O) groups excluding carboxylic acids is 2. The highest BCUT2D eigenvalue weighted by Gasteiger charge is 2.45. The summed E-state index contributed by atoms with van der Waals surface area (Å²) in [5.74, 6) is 0.606. The second-order valence-electron chi connectivity index (χ2n) is 8.50. The third-order valence-electron chi connectivity index (χ3n) is 6.12. The Morgan fingerprint density at radius 2 is 1.96 bits per heavy atom. The number of piperidine rings is 1. The van der Waals surface area contributed by atoms with E-state index in [9.17, 15) is 9.59 Å². The van der Waals surface area contributed by atoms with Crippen LogP contribution in [-0.2, 0) is 9.53 Å². The molecule has 3 rings (SSSR count). The number of nitrogens with zero attached hydrogens (tertiary/aromatic N) is 2.